The van der Waals surface area contributed by atoms with Crippen LogP contribution in [0, 0.1) is 5.92 Å². The molecule has 1 aliphatic rings. The molecule has 1 aromatic rings. The van der Waals surface area contributed by atoms with Gasteiger partial charge in [-0.25, -0.2) is 4.99 Å². The van der Waals surface area contributed by atoms with Gasteiger partial charge in [0.05, 0.1) is 19.8 Å². The lowest BCUT2D eigenvalue weighted by atomic mass is 10.1. The largest absolute Gasteiger partial charge is 0.379 e. The molecule has 1 fully saturated rings. The number of morpholine rings is 1. The van der Waals surface area contributed by atoms with Crippen LogP contribution in [0.5, 0.6) is 0 Å². The van der Waals surface area contributed by atoms with Gasteiger partial charge >= 0.3 is 0 Å². The van der Waals surface area contributed by atoms with Gasteiger partial charge in [-0.05, 0) is 31.0 Å². The van der Waals surface area contributed by atoms with E-state index >= 15 is 0 Å². The third kappa shape index (κ3) is 7.86. The minimum atomic E-state index is 0.0118. The number of nitrogens with one attached hydrogen (secondary N) is 3. The molecule has 1 unspecified atom stereocenters. The van der Waals surface area contributed by atoms with E-state index in [0.29, 0.717) is 6.54 Å². The first kappa shape index (κ1) is 22.2. The molecule has 1 heterocycles. The Bertz CT molecular complexity index is 629. The van der Waals surface area contributed by atoms with Crippen LogP contribution >= 0.6 is 0 Å². The van der Waals surface area contributed by atoms with Crippen LogP contribution < -0.4 is 16.0 Å². The highest BCUT2D eigenvalue weighted by atomic mass is 16.5. The maximum atomic E-state index is 12.1. The van der Waals surface area contributed by atoms with Gasteiger partial charge < -0.3 is 20.7 Å². The lowest BCUT2D eigenvalue weighted by Gasteiger charge is -2.26. The number of hydrogen-bond donors (Lipinski definition) is 3. The van der Waals surface area contributed by atoms with E-state index in [1.165, 1.54) is 0 Å². The highest BCUT2D eigenvalue weighted by Gasteiger charge is 2.11. The molecule has 2 rings (SSSR count). The molecule has 7 nitrogen and oxygen atoms in total. The topological polar surface area (TPSA) is 78.0 Å². The Morgan fingerprint density at radius 2 is 2.04 bits per heavy atom. The quantitative estimate of drug-likeness (QED) is 0.445. The van der Waals surface area contributed by atoms with Gasteiger partial charge in [0.1, 0.15) is 0 Å². The molecule has 1 aliphatic heterocycles. The van der Waals surface area contributed by atoms with E-state index < -0.39 is 0 Å². The Labute approximate surface area is 168 Å². The van der Waals surface area contributed by atoms with Crippen molar-refractivity contribution in [2.24, 2.45) is 10.9 Å². The highest BCUT2D eigenvalue weighted by molar-refractivity contribution is 5.92. The van der Waals surface area contributed by atoms with E-state index in [4.69, 9.17) is 4.74 Å². The summed E-state index contributed by atoms with van der Waals surface area (Å²) in [7, 11) is 0. The standard InChI is InChI=1S/C21H35N5O2/c1-4-17(3)20(27)25-19-8-6-7-18(15-19)16-24-21(22-5-2)23-9-10-26-11-13-28-14-12-26/h6-8,15,17H,4-5,9-14,16H2,1-3H3,(H,25,27)(H2,22,23,24). The van der Waals surface area contributed by atoms with Crippen LogP contribution in [0.3, 0.4) is 0 Å². The first-order chi connectivity index (χ1) is 13.6. The van der Waals surface area contributed by atoms with Gasteiger partial charge in [0.2, 0.25) is 5.91 Å². The molecule has 1 atom stereocenters. The van der Waals surface area contributed by atoms with Gasteiger partial charge in [-0.2, -0.15) is 0 Å². The highest BCUT2D eigenvalue weighted by Crippen LogP contribution is 2.13. The maximum Gasteiger partial charge on any atom is 0.227 e. The number of ether oxygens (including phenoxy) is 1. The lowest BCUT2D eigenvalue weighted by Crippen LogP contribution is -2.44. The molecule has 1 saturated heterocycles. The third-order valence-corrected chi connectivity index (χ3v) is 4.84. The number of carbonyl (C=O) groups is 1. The summed E-state index contributed by atoms with van der Waals surface area (Å²) >= 11 is 0. The minimum absolute atomic E-state index is 0.0118. The predicted octanol–water partition coefficient (Wildman–Crippen LogP) is 2.06. The zero-order valence-electron chi connectivity index (χ0n) is 17.5. The van der Waals surface area contributed by atoms with E-state index in [1.807, 2.05) is 38.1 Å². The second kappa shape index (κ2) is 12.4. The number of amides is 1. The zero-order chi connectivity index (χ0) is 20.2. The van der Waals surface area contributed by atoms with E-state index in [-0.39, 0.29) is 11.8 Å². The van der Waals surface area contributed by atoms with Crippen molar-refractivity contribution in [2.75, 3.05) is 51.3 Å². The number of hydrogen-bond acceptors (Lipinski definition) is 4. The van der Waals surface area contributed by atoms with Crippen LogP contribution in [0.1, 0.15) is 32.8 Å². The smallest absolute Gasteiger partial charge is 0.227 e. The Kier molecular flexibility index (Phi) is 9.79. The molecular formula is C21H35N5O2. The Morgan fingerprint density at radius 3 is 2.75 bits per heavy atom. The Morgan fingerprint density at radius 1 is 1.25 bits per heavy atom. The molecule has 0 radical (unpaired) electrons. The van der Waals surface area contributed by atoms with Gasteiger partial charge in [0.15, 0.2) is 5.96 Å². The Hall–Kier alpha value is -2.12. The van der Waals surface area contributed by atoms with Crippen molar-refractivity contribution in [1.29, 1.82) is 0 Å². The molecule has 1 amide bonds. The van der Waals surface area contributed by atoms with Crippen LogP contribution in [0.2, 0.25) is 0 Å². The van der Waals surface area contributed by atoms with Gasteiger partial charge in [0, 0.05) is 44.3 Å². The molecule has 28 heavy (non-hydrogen) atoms. The lowest BCUT2D eigenvalue weighted by molar-refractivity contribution is -0.119. The number of carbonyl (C=O) groups excluding carboxylic acids is 1. The molecule has 0 aliphatic carbocycles. The van der Waals surface area contributed by atoms with E-state index in [0.717, 1.165) is 69.6 Å². The van der Waals surface area contributed by atoms with E-state index in [9.17, 15) is 4.79 Å². The molecule has 0 aromatic heterocycles. The zero-order valence-corrected chi connectivity index (χ0v) is 17.5. The predicted molar refractivity (Wildman–Crippen MR) is 115 cm³/mol. The number of nitrogens with zero attached hydrogens (tertiary/aromatic N) is 2. The fourth-order valence-corrected chi connectivity index (χ4v) is 2.87. The van der Waals surface area contributed by atoms with Gasteiger partial charge in [-0.15, -0.1) is 0 Å². The molecule has 0 bridgehead atoms. The second-order valence-electron chi connectivity index (χ2n) is 7.07. The number of guanidine groups is 1. The Balaban J connectivity index is 1.86. The molecule has 0 saturated carbocycles. The van der Waals surface area contributed by atoms with Crippen molar-refractivity contribution in [3.63, 3.8) is 0 Å². The molecule has 1 aromatic carbocycles. The SMILES string of the molecule is CCNC(=NCc1cccc(NC(=O)C(C)CC)c1)NCCN1CCOCC1. The summed E-state index contributed by atoms with van der Waals surface area (Å²) < 4.78 is 5.38. The van der Waals surface area contributed by atoms with Crippen molar-refractivity contribution >= 4 is 17.6 Å². The van der Waals surface area contributed by atoms with Crippen LogP contribution in [-0.2, 0) is 16.1 Å². The third-order valence-electron chi connectivity index (χ3n) is 4.84. The average molecular weight is 390 g/mol. The summed E-state index contributed by atoms with van der Waals surface area (Å²) in [4.78, 5) is 19.2. The maximum absolute atomic E-state index is 12.1. The molecule has 7 heteroatoms. The average Bonchev–Trinajstić information content (AvgIpc) is 2.72. The number of aliphatic imine (C=N–C) groups is 1. The van der Waals surface area contributed by atoms with E-state index in [1.54, 1.807) is 0 Å². The van der Waals surface area contributed by atoms with Crippen LogP contribution in [-0.4, -0.2) is 62.7 Å². The molecule has 0 spiro atoms. The summed E-state index contributed by atoms with van der Waals surface area (Å²) in [5.74, 6) is 0.878. The summed E-state index contributed by atoms with van der Waals surface area (Å²) in [6.45, 7) is 12.8. The van der Waals surface area contributed by atoms with Crippen molar-refractivity contribution in [1.82, 2.24) is 15.5 Å². The first-order valence-electron chi connectivity index (χ1n) is 10.3. The molecule has 156 valence electrons. The minimum Gasteiger partial charge on any atom is -0.379 e. The summed E-state index contributed by atoms with van der Waals surface area (Å²) in [5.41, 5.74) is 1.88. The monoisotopic (exact) mass is 389 g/mol. The molecule has 3 N–H and O–H groups in total. The number of benzene rings is 1. The van der Waals surface area contributed by atoms with Crippen molar-refractivity contribution in [3.8, 4) is 0 Å². The summed E-state index contributed by atoms with van der Waals surface area (Å²) in [6, 6.07) is 7.88. The fourth-order valence-electron chi connectivity index (χ4n) is 2.87. The second-order valence-corrected chi connectivity index (χ2v) is 7.07. The normalized spacial score (nSPS) is 16.5. The van der Waals surface area contributed by atoms with Crippen LogP contribution in [0.15, 0.2) is 29.3 Å². The van der Waals surface area contributed by atoms with E-state index in [2.05, 4.69) is 32.8 Å². The summed E-state index contributed by atoms with van der Waals surface area (Å²) in [5, 5.41) is 9.66. The number of rotatable bonds is 9. The van der Waals surface area contributed by atoms with Crippen molar-refractivity contribution in [3.05, 3.63) is 29.8 Å². The fraction of sp³-hybridized carbons (Fsp3) is 0.619. The van der Waals surface area contributed by atoms with Crippen molar-refractivity contribution in [2.45, 2.75) is 33.7 Å². The van der Waals surface area contributed by atoms with Gasteiger partial charge in [0.25, 0.3) is 0 Å². The van der Waals surface area contributed by atoms with Gasteiger partial charge in [-0.3, -0.25) is 9.69 Å². The number of anilines is 1. The van der Waals surface area contributed by atoms with Crippen LogP contribution in [0.4, 0.5) is 5.69 Å². The van der Waals surface area contributed by atoms with Gasteiger partial charge in [-0.1, -0.05) is 26.0 Å². The van der Waals surface area contributed by atoms with Crippen molar-refractivity contribution < 1.29 is 9.53 Å². The first-order valence-corrected chi connectivity index (χ1v) is 10.3. The molecular weight excluding hydrogens is 354 g/mol. The van der Waals surface area contributed by atoms with Crippen LogP contribution in [0.25, 0.3) is 0 Å². The summed E-state index contributed by atoms with van der Waals surface area (Å²) in [6.07, 6.45) is 0.831.